The van der Waals surface area contributed by atoms with Crippen LogP contribution in [0.1, 0.15) is 35.1 Å². The Morgan fingerprint density at radius 1 is 1.06 bits per heavy atom. The van der Waals surface area contributed by atoms with Crippen LogP contribution in [0.4, 0.5) is 0 Å². The third-order valence-corrected chi connectivity index (χ3v) is 3.68. The van der Waals surface area contributed by atoms with Crippen LogP contribution in [0.5, 0.6) is 0 Å². The highest BCUT2D eigenvalue weighted by Crippen LogP contribution is 2.43. The lowest BCUT2D eigenvalue weighted by Gasteiger charge is -2.11. The van der Waals surface area contributed by atoms with E-state index in [1.54, 1.807) is 0 Å². The van der Waals surface area contributed by atoms with Crippen LogP contribution in [-0.2, 0) is 0 Å². The summed E-state index contributed by atoms with van der Waals surface area (Å²) >= 11 is 0. The number of rotatable bonds is 2. The molecule has 2 nitrogen and oxygen atoms in total. The summed E-state index contributed by atoms with van der Waals surface area (Å²) in [7, 11) is 2.04. The number of hydrogen-bond acceptors (Lipinski definition) is 2. The van der Waals surface area contributed by atoms with Gasteiger partial charge in [0.1, 0.15) is 0 Å². The van der Waals surface area contributed by atoms with Crippen molar-refractivity contribution in [1.29, 1.82) is 0 Å². The van der Waals surface area contributed by atoms with Gasteiger partial charge in [-0.2, -0.15) is 0 Å². The van der Waals surface area contributed by atoms with Gasteiger partial charge in [0.25, 0.3) is 0 Å². The second-order valence-electron chi connectivity index (χ2n) is 4.54. The molecule has 0 saturated heterocycles. The summed E-state index contributed by atoms with van der Waals surface area (Å²) in [4.78, 5) is 4.10. The summed E-state index contributed by atoms with van der Waals surface area (Å²) in [6.45, 7) is 0. The van der Waals surface area contributed by atoms with Crippen LogP contribution in [-0.4, -0.2) is 12.0 Å². The first-order valence-corrected chi connectivity index (χ1v) is 6.06. The van der Waals surface area contributed by atoms with E-state index in [1.165, 1.54) is 16.7 Å². The molecule has 1 aromatic carbocycles. The Bertz CT molecular complexity index is 507. The van der Waals surface area contributed by atoms with E-state index in [1.807, 2.05) is 19.4 Å². The first kappa shape index (κ1) is 10.5. The monoisotopic (exact) mass is 224 g/mol. The molecule has 3 rings (SSSR count). The molecule has 0 aliphatic heterocycles. The average Bonchev–Trinajstić information content (AvgIpc) is 2.78. The fourth-order valence-electron chi connectivity index (χ4n) is 2.82. The molecule has 17 heavy (non-hydrogen) atoms. The van der Waals surface area contributed by atoms with Crippen molar-refractivity contribution in [3.8, 4) is 0 Å². The van der Waals surface area contributed by atoms with Crippen LogP contribution in [0.25, 0.3) is 0 Å². The van der Waals surface area contributed by atoms with Gasteiger partial charge in [0.15, 0.2) is 0 Å². The molecule has 2 aromatic rings. The number of hydrogen-bond donors (Lipinski definition) is 1. The van der Waals surface area contributed by atoms with Gasteiger partial charge >= 0.3 is 0 Å². The fourth-order valence-corrected chi connectivity index (χ4v) is 2.82. The lowest BCUT2D eigenvalue weighted by molar-refractivity contribution is 0.564. The van der Waals surface area contributed by atoms with Gasteiger partial charge in [0.05, 0.1) is 0 Å². The maximum Gasteiger partial charge on any atom is 0.0329 e. The van der Waals surface area contributed by atoms with Gasteiger partial charge in [-0.05, 0) is 42.3 Å². The van der Waals surface area contributed by atoms with Crippen LogP contribution >= 0.6 is 0 Å². The molecule has 1 N–H and O–H groups in total. The van der Waals surface area contributed by atoms with Crippen LogP contribution in [0.2, 0.25) is 0 Å². The normalized spacial score (nSPS) is 22.4. The van der Waals surface area contributed by atoms with Crippen molar-refractivity contribution >= 4 is 0 Å². The van der Waals surface area contributed by atoms with Gasteiger partial charge in [-0.3, -0.25) is 4.98 Å². The maximum absolute atomic E-state index is 4.10. The van der Waals surface area contributed by atoms with E-state index < -0.39 is 0 Å². The second kappa shape index (κ2) is 4.30. The molecular formula is C15H16N2. The van der Waals surface area contributed by atoms with Crippen molar-refractivity contribution in [2.75, 3.05) is 7.05 Å². The van der Waals surface area contributed by atoms with Gasteiger partial charge in [-0.1, -0.05) is 24.3 Å². The summed E-state index contributed by atoms with van der Waals surface area (Å²) in [6, 6.07) is 13.5. The molecule has 1 aromatic heterocycles. The van der Waals surface area contributed by atoms with E-state index in [4.69, 9.17) is 0 Å². The number of aromatic nitrogens is 1. The number of fused-ring (bicyclic) bond motifs is 1. The van der Waals surface area contributed by atoms with Crippen LogP contribution in [0.15, 0.2) is 48.8 Å². The summed E-state index contributed by atoms with van der Waals surface area (Å²) in [5, 5.41) is 3.40. The van der Waals surface area contributed by atoms with Gasteiger partial charge in [-0.25, -0.2) is 0 Å². The minimum atomic E-state index is 0.476. The zero-order valence-electron chi connectivity index (χ0n) is 9.93. The molecule has 0 amide bonds. The predicted molar refractivity (Wildman–Crippen MR) is 68.9 cm³/mol. The van der Waals surface area contributed by atoms with Crippen LogP contribution < -0.4 is 5.32 Å². The molecule has 0 saturated carbocycles. The summed E-state index contributed by atoms with van der Waals surface area (Å²) in [6.07, 6.45) is 4.90. The molecule has 0 bridgehead atoms. The Labute approximate surface area is 102 Å². The third-order valence-electron chi connectivity index (χ3n) is 3.68. The van der Waals surface area contributed by atoms with E-state index in [0.29, 0.717) is 12.0 Å². The Hall–Kier alpha value is -1.67. The predicted octanol–water partition coefficient (Wildman–Crippen LogP) is 2.88. The Balaban J connectivity index is 2.05. The zero-order valence-corrected chi connectivity index (χ0v) is 9.93. The number of benzene rings is 1. The molecule has 2 atom stereocenters. The molecule has 0 radical (unpaired) electrons. The van der Waals surface area contributed by atoms with Crippen molar-refractivity contribution < 1.29 is 0 Å². The molecule has 1 aliphatic carbocycles. The maximum atomic E-state index is 4.10. The SMILES string of the molecule is CN[C@H]1C[C@@H](c2ccncc2)c2ccccc21. The minimum Gasteiger partial charge on any atom is -0.313 e. The highest BCUT2D eigenvalue weighted by Gasteiger charge is 2.30. The van der Waals surface area contributed by atoms with Crippen LogP contribution in [0, 0.1) is 0 Å². The minimum absolute atomic E-state index is 0.476. The van der Waals surface area contributed by atoms with Crippen molar-refractivity contribution in [3.63, 3.8) is 0 Å². The fraction of sp³-hybridized carbons (Fsp3) is 0.267. The topological polar surface area (TPSA) is 24.9 Å². The van der Waals surface area contributed by atoms with Gasteiger partial charge in [0, 0.05) is 24.4 Å². The smallest absolute Gasteiger partial charge is 0.0329 e. The first-order chi connectivity index (χ1) is 8.40. The number of nitrogens with one attached hydrogen (secondary N) is 1. The lowest BCUT2D eigenvalue weighted by atomic mass is 9.94. The quantitative estimate of drug-likeness (QED) is 0.848. The number of pyridine rings is 1. The highest BCUT2D eigenvalue weighted by atomic mass is 14.9. The first-order valence-electron chi connectivity index (χ1n) is 6.06. The molecular weight excluding hydrogens is 208 g/mol. The Morgan fingerprint density at radius 2 is 1.76 bits per heavy atom. The lowest BCUT2D eigenvalue weighted by Crippen LogP contribution is -2.13. The Kier molecular flexibility index (Phi) is 2.65. The molecule has 1 aliphatic rings. The van der Waals surface area contributed by atoms with Crippen molar-refractivity contribution in [2.24, 2.45) is 0 Å². The molecule has 86 valence electrons. The van der Waals surface area contributed by atoms with Gasteiger partial charge in [0.2, 0.25) is 0 Å². The Morgan fingerprint density at radius 3 is 2.47 bits per heavy atom. The standard InChI is InChI=1S/C15H16N2/c1-16-15-10-14(11-6-8-17-9-7-11)12-4-2-3-5-13(12)15/h2-9,14-16H,10H2,1H3/t14-,15-/m0/s1. The van der Waals surface area contributed by atoms with Gasteiger partial charge in [-0.15, -0.1) is 0 Å². The second-order valence-corrected chi connectivity index (χ2v) is 4.54. The van der Waals surface area contributed by atoms with Crippen LogP contribution in [0.3, 0.4) is 0 Å². The molecule has 2 heteroatoms. The van der Waals surface area contributed by atoms with E-state index in [2.05, 4.69) is 46.7 Å². The highest BCUT2D eigenvalue weighted by molar-refractivity contribution is 5.43. The average molecular weight is 224 g/mol. The van der Waals surface area contributed by atoms with E-state index in [-0.39, 0.29) is 0 Å². The van der Waals surface area contributed by atoms with Crippen molar-refractivity contribution in [2.45, 2.75) is 18.4 Å². The molecule has 1 heterocycles. The molecule has 0 spiro atoms. The van der Waals surface area contributed by atoms with E-state index in [0.717, 1.165) is 6.42 Å². The summed E-state index contributed by atoms with van der Waals surface area (Å²) in [5.41, 5.74) is 4.26. The number of nitrogens with zero attached hydrogens (tertiary/aromatic N) is 1. The van der Waals surface area contributed by atoms with E-state index in [9.17, 15) is 0 Å². The van der Waals surface area contributed by atoms with Gasteiger partial charge < -0.3 is 5.32 Å². The van der Waals surface area contributed by atoms with Crippen molar-refractivity contribution in [3.05, 3.63) is 65.5 Å². The zero-order chi connectivity index (χ0) is 11.7. The summed E-state index contributed by atoms with van der Waals surface area (Å²) < 4.78 is 0. The van der Waals surface area contributed by atoms with E-state index >= 15 is 0 Å². The van der Waals surface area contributed by atoms with Crippen molar-refractivity contribution in [1.82, 2.24) is 10.3 Å². The third kappa shape index (κ3) is 1.75. The summed E-state index contributed by atoms with van der Waals surface area (Å²) in [5.74, 6) is 0.506. The largest absolute Gasteiger partial charge is 0.313 e. The molecule has 0 unspecified atom stereocenters. The molecule has 0 fully saturated rings.